The normalized spacial score (nSPS) is 11.7. The Labute approximate surface area is 367 Å². The fourth-order valence-electron chi connectivity index (χ4n) is 10.8. The third-order valence-corrected chi connectivity index (χ3v) is 13.4. The molecule has 2 heterocycles. The molecule has 0 radical (unpaired) electrons. The molecule has 0 amide bonds. The highest BCUT2D eigenvalue weighted by Gasteiger charge is 2.33. The van der Waals surface area contributed by atoms with Gasteiger partial charge in [-0.1, -0.05) is 170 Å². The lowest BCUT2D eigenvalue weighted by Gasteiger charge is -2.27. The molecular weight excluding hydrogens is 777 g/mol. The maximum Gasteiger partial charge on any atom is 0.101 e. The van der Waals surface area contributed by atoms with Crippen molar-refractivity contribution in [2.75, 3.05) is 0 Å². The number of hydrogen-bond acceptors (Lipinski definition) is 2. The first-order chi connectivity index (χ1) is 31.7. The predicted octanol–water partition coefficient (Wildman–Crippen LogP) is 15.6. The van der Waals surface area contributed by atoms with Gasteiger partial charge in [0.25, 0.3) is 0 Å². The highest BCUT2D eigenvalue weighted by molar-refractivity contribution is 6.21. The molecule has 0 saturated carbocycles. The minimum Gasteiger partial charge on any atom is -0.307 e. The van der Waals surface area contributed by atoms with E-state index >= 15 is 0 Å². The van der Waals surface area contributed by atoms with E-state index in [1.807, 2.05) is 0 Å². The summed E-state index contributed by atoms with van der Waals surface area (Å²) in [6, 6.07) is 78.0. The zero-order valence-corrected chi connectivity index (χ0v) is 34.4. The Morgan fingerprint density at radius 1 is 0.281 bits per heavy atom. The van der Waals surface area contributed by atoms with E-state index < -0.39 is 0 Å². The lowest BCUT2D eigenvalue weighted by atomic mass is 9.82. The molecule has 0 aliphatic rings. The zero-order valence-electron chi connectivity index (χ0n) is 34.4. The van der Waals surface area contributed by atoms with Crippen LogP contribution in [0.15, 0.2) is 206 Å². The average Bonchev–Trinajstić information content (AvgIpc) is 3.87. The van der Waals surface area contributed by atoms with Crippen molar-refractivity contribution in [2.24, 2.45) is 0 Å². The summed E-state index contributed by atoms with van der Waals surface area (Å²) in [5, 5.41) is 36.8. The molecule has 4 nitrogen and oxygen atoms in total. The predicted molar refractivity (Wildman–Crippen MR) is 265 cm³/mol. The van der Waals surface area contributed by atoms with Gasteiger partial charge >= 0.3 is 0 Å². The van der Waals surface area contributed by atoms with Crippen molar-refractivity contribution in [3.63, 3.8) is 0 Å². The van der Waals surface area contributed by atoms with Crippen molar-refractivity contribution in [2.45, 2.75) is 0 Å². The van der Waals surface area contributed by atoms with E-state index in [-0.39, 0.29) is 0 Å². The van der Waals surface area contributed by atoms with Gasteiger partial charge in [0.2, 0.25) is 0 Å². The summed E-state index contributed by atoms with van der Waals surface area (Å²) < 4.78 is 4.75. The minimum atomic E-state index is 0.330. The fraction of sp³-hybridized carbons (Fsp3) is 0. The molecule has 0 aliphatic heterocycles. The van der Waals surface area contributed by atoms with Crippen LogP contribution in [0.2, 0.25) is 0 Å². The van der Waals surface area contributed by atoms with Gasteiger partial charge in [-0.15, -0.1) is 0 Å². The van der Waals surface area contributed by atoms with Gasteiger partial charge in [-0.2, -0.15) is 10.5 Å². The third-order valence-electron chi connectivity index (χ3n) is 13.4. The molecule has 4 heteroatoms. The Morgan fingerprint density at radius 3 is 0.875 bits per heavy atom. The molecule has 0 spiro atoms. The third kappa shape index (κ3) is 4.91. The van der Waals surface area contributed by atoms with Crippen LogP contribution in [0, 0.1) is 22.7 Å². The van der Waals surface area contributed by atoms with E-state index in [2.05, 4.69) is 228 Å². The number of nitriles is 2. The first-order valence-corrected chi connectivity index (χ1v) is 21.6. The molecule has 0 atom stereocenters. The van der Waals surface area contributed by atoms with Crippen LogP contribution in [0.3, 0.4) is 0 Å². The lowest BCUT2D eigenvalue weighted by molar-refractivity contribution is 1.09. The standard InChI is InChI=1S/C60H34N4/c61-35-51-52(36-62)58(50-34-38-18-2-4-20-40(38)42-22-6-8-24-44(42)50)60(64-55-31-15-11-27-47(55)48-28-12-16-32-56(48)64)59(63-53-29-13-9-25-45(53)46-26-10-14-30-54(46)63)57(51)49-33-37-17-1-3-19-39(37)41-21-5-7-23-43(41)49/h1-34H. The van der Waals surface area contributed by atoms with Gasteiger partial charge in [0, 0.05) is 32.7 Å². The van der Waals surface area contributed by atoms with Crippen molar-refractivity contribution in [1.82, 2.24) is 9.13 Å². The number of aromatic nitrogens is 2. The minimum absolute atomic E-state index is 0.330. The SMILES string of the molecule is N#Cc1c(C#N)c(-c2cc3ccccc3c3ccccc23)c(-n2c3ccccc3c3ccccc32)c(-n2c3ccccc3c3ccccc32)c1-c1cc2ccccc2c2ccccc12. The summed E-state index contributed by atoms with van der Waals surface area (Å²) in [7, 11) is 0. The molecule has 0 N–H and O–H groups in total. The molecule has 64 heavy (non-hydrogen) atoms. The first-order valence-electron chi connectivity index (χ1n) is 21.6. The molecule has 13 aromatic rings. The Bertz CT molecular complexity index is 3850. The van der Waals surface area contributed by atoms with E-state index in [4.69, 9.17) is 0 Å². The quantitative estimate of drug-likeness (QED) is 0.166. The van der Waals surface area contributed by atoms with Crippen molar-refractivity contribution in [3.8, 4) is 45.8 Å². The summed E-state index contributed by atoms with van der Waals surface area (Å²) >= 11 is 0. The van der Waals surface area contributed by atoms with Gasteiger partial charge in [0.05, 0.1) is 44.6 Å². The number of fused-ring (bicyclic) bond motifs is 12. The molecular formula is C60H34N4. The summed E-state index contributed by atoms with van der Waals surface area (Å²) in [4.78, 5) is 0. The van der Waals surface area contributed by atoms with Crippen molar-refractivity contribution < 1.29 is 0 Å². The molecule has 0 fully saturated rings. The van der Waals surface area contributed by atoms with Crippen LogP contribution in [0.4, 0.5) is 0 Å². The molecule has 2 aromatic heterocycles. The number of benzene rings is 11. The largest absolute Gasteiger partial charge is 0.307 e. The topological polar surface area (TPSA) is 57.4 Å². The second-order valence-corrected chi connectivity index (χ2v) is 16.5. The number of hydrogen-bond donors (Lipinski definition) is 0. The Balaban J connectivity index is 1.39. The van der Waals surface area contributed by atoms with Gasteiger partial charge in [0.15, 0.2) is 0 Å². The highest BCUT2D eigenvalue weighted by Crippen LogP contribution is 2.52. The van der Waals surface area contributed by atoms with Crippen molar-refractivity contribution >= 4 is 86.7 Å². The van der Waals surface area contributed by atoms with E-state index in [9.17, 15) is 10.5 Å². The Kier molecular flexibility index (Phi) is 7.70. The molecule has 11 aromatic carbocycles. The molecule has 0 unspecified atom stereocenters. The second kappa shape index (κ2) is 13.8. The zero-order chi connectivity index (χ0) is 42.5. The van der Waals surface area contributed by atoms with Gasteiger partial charge in [-0.3, -0.25) is 0 Å². The molecule has 294 valence electrons. The van der Waals surface area contributed by atoms with Crippen LogP contribution in [-0.4, -0.2) is 9.13 Å². The van der Waals surface area contributed by atoms with Crippen molar-refractivity contribution in [1.29, 1.82) is 10.5 Å². The van der Waals surface area contributed by atoms with Crippen molar-refractivity contribution in [3.05, 3.63) is 217 Å². The molecule has 0 aliphatic carbocycles. The smallest absolute Gasteiger partial charge is 0.101 e. The number of rotatable bonds is 4. The number of para-hydroxylation sites is 4. The van der Waals surface area contributed by atoms with Gasteiger partial charge in [0.1, 0.15) is 12.1 Å². The maximum atomic E-state index is 11.9. The van der Waals surface area contributed by atoms with Crippen LogP contribution in [0.5, 0.6) is 0 Å². The summed E-state index contributed by atoms with van der Waals surface area (Å²) in [5.41, 5.74) is 9.50. The van der Waals surface area contributed by atoms with E-state index in [1.165, 1.54) is 0 Å². The summed E-state index contributed by atoms with van der Waals surface area (Å²) in [6.07, 6.45) is 0. The van der Waals surface area contributed by atoms with Crippen LogP contribution in [0.1, 0.15) is 11.1 Å². The second-order valence-electron chi connectivity index (χ2n) is 16.5. The lowest BCUT2D eigenvalue weighted by Crippen LogP contribution is -2.12. The molecule has 13 rings (SSSR count). The van der Waals surface area contributed by atoms with Crippen LogP contribution >= 0.6 is 0 Å². The van der Waals surface area contributed by atoms with Crippen LogP contribution in [0.25, 0.3) is 120 Å². The Morgan fingerprint density at radius 2 is 0.547 bits per heavy atom. The monoisotopic (exact) mass is 810 g/mol. The van der Waals surface area contributed by atoms with Crippen LogP contribution in [-0.2, 0) is 0 Å². The first kappa shape index (κ1) is 35.8. The fourth-order valence-corrected chi connectivity index (χ4v) is 10.8. The highest BCUT2D eigenvalue weighted by atomic mass is 15.1. The summed E-state index contributed by atoms with van der Waals surface area (Å²) in [5.74, 6) is 0. The molecule has 0 bridgehead atoms. The van der Waals surface area contributed by atoms with E-state index in [1.54, 1.807) is 0 Å². The Hall–Kier alpha value is -8.96. The molecule has 0 saturated heterocycles. The van der Waals surface area contributed by atoms with Gasteiger partial charge < -0.3 is 9.13 Å². The maximum absolute atomic E-state index is 11.9. The van der Waals surface area contributed by atoms with Crippen LogP contribution < -0.4 is 0 Å². The van der Waals surface area contributed by atoms with E-state index in [0.29, 0.717) is 22.3 Å². The van der Waals surface area contributed by atoms with Gasteiger partial charge in [-0.25, -0.2) is 0 Å². The average molecular weight is 811 g/mol. The summed E-state index contributed by atoms with van der Waals surface area (Å²) in [6.45, 7) is 0. The van der Waals surface area contributed by atoms with E-state index in [0.717, 1.165) is 109 Å². The number of nitrogens with zero attached hydrogens (tertiary/aromatic N) is 4. The van der Waals surface area contributed by atoms with Gasteiger partial charge in [-0.05, 0) is 90.6 Å².